The standard InChI is InChI=1S/C31H28ClFN8O2/c1-17-5-3-7-25(38-31(43)22-15-36-41(18(22)2)28-8-4-6-23(32)29(28)33)26-14-19(11-12-34-26)21-13-20(27-16-35-40-39-27)9-10-24(21)37-30(17)42/h4,6,8-15,17,25H,3,5,7,16H2,1-2H3,(H,37,42)(H,38,43)/t17?,25-/m0/s1. The quantitative estimate of drug-likeness (QED) is 0.280. The Morgan fingerprint density at radius 1 is 1.14 bits per heavy atom. The van der Waals surface area contributed by atoms with Crippen LogP contribution in [-0.4, -0.2) is 38.8 Å². The third-order valence-corrected chi connectivity index (χ3v) is 8.10. The maximum atomic E-state index is 14.7. The minimum Gasteiger partial charge on any atom is -0.344 e. The Morgan fingerprint density at radius 2 is 2.00 bits per heavy atom. The Labute approximate surface area is 252 Å². The van der Waals surface area contributed by atoms with E-state index >= 15 is 0 Å². The van der Waals surface area contributed by atoms with E-state index in [1.807, 2.05) is 37.3 Å². The van der Waals surface area contributed by atoms with Crippen LogP contribution in [0.3, 0.4) is 0 Å². The van der Waals surface area contributed by atoms with Crippen LogP contribution in [-0.2, 0) is 4.79 Å². The molecule has 2 N–H and O–H groups in total. The number of carbonyl (C=O) groups is 2. The van der Waals surface area contributed by atoms with E-state index in [0.29, 0.717) is 48.4 Å². The predicted molar refractivity (Wildman–Crippen MR) is 161 cm³/mol. The third-order valence-electron chi connectivity index (χ3n) is 7.81. The van der Waals surface area contributed by atoms with Crippen LogP contribution in [0.4, 0.5) is 10.1 Å². The van der Waals surface area contributed by atoms with Crippen LogP contribution in [0.1, 0.15) is 59.5 Å². The molecule has 10 nitrogen and oxygen atoms in total. The molecule has 2 aromatic carbocycles. The molecule has 2 aliphatic heterocycles. The lowest BCUT2D eigenvalue weighted by molar-refractivity contribution is -0.119. The van der Waals surface area contributed by atoms with E-state index in [1.165, 1.54) is 16.9 Å². The number of nitrogens with zero attached hydrogens (tertiary/aromatic N) is 6. The van der Waals surface area contributed by atoms with Crippen molar-refractivity contribution in [2.75, 3.05) is 11.9 Å². The molecule has 0 radical (unpaired) electrons. The average molecular weight is 599 g/mol. The SMILES string of the molecule is Cc1c(C(=O)N[C@H]2CCCC(C)C(=O)Nc3ccc(C4=NN=NC4)cc3-c3ccnc2c3)cnn1-c1cccc(Cl)c1F. The van der Waals surface area contributed by atoms with Gasteiger partial charge in [-0.15, -0.1) is 5.10 Å². The molecule has 0 saturated heterocycles. The zero-order chi connectivity index (χ0) is 30.1. The first-order chi connectivity index (χ1) is 20.8. The lowest BCUT2D eigenvalue weighted by atomic mass is 9.94. The van der Waals surface area contributed by atoms with Crippen LogP contribution in [0, 0.1) is 18.7 Å². The highest BCUT2D eigenvalue weighted by Crippen LogP contribution is 2.33. The molecule has 4 aromatic rings. The molecule has 0 fully saturated rings. The van der Waals surface area contributed by atoms with Crippen LogP contribution >= 0.6 is 11.6 Å². The number of nitrogens with one attached hydrogen (secondary N) is 2. The highest BCUT2D eigenvalue weighted by molar-refractivity contribution is 6.30. The van der Waals surface area contributed by atoms with E-state index in [-0.39, 0.29) is 28.4 Å². The van der Waals surface area contributed by atoms with Gasteiger partial charge in [-0.1, -0.05) is 37.1 Å². The number of amides is 2. The van der Waals surface area contributed by atoms with Gasteiger partial charge in [0.15, 0.2) is 5.82 Å². The van der Waals surface area contributed by atoms with Gasteiger partial charge >= 0.3 is 0 Å². The molecule has 43 heavy (non-hydrogen) atoms. The summed E-state index contributed by atoms with van der Waals surface area (Å²) in [4.78, 5) is 31.3. The topological polar surface area (TPSA) is 126 Å². The Hall–Kier alpha value is -4.77. The number of benzene rings is 2. The Bertz CT molecular complexity index is 1800. The van der Waals surface area contributed by atoms with Crippen molar-refractivity contribution in [3.8, 4) is 16.8 Å². The summed E-state index contributed by atoms with van der Waals surface area (Å²) in [5.41, 5.74) is 5.47. The van der Waals surface area contributed by atoms with E-state index in [1.54, 1.807) is 25.3 Å². The molecule has 1 unspecified atom stereocenters. The summed E-state index contributed by atoms with van der Waals surface area (Å²) < 4.78 is 16.1. The van der Waals surface area contributed by atoms with Crippen molar-refractivity contribution in [3.63, 3.8) is 0 Å². The van der Waals surface area contributed by atoms with Crippen LogP contribution < -0.4 is 10.6 Å². The van der Waals surface area contributed by atoms with Crippen LogP contribution in [0.2, 0.25) is 5.02 Å². The summed E-state index contributed by atoms with van der Waals surface area (Å²) in [7, 11) is 0. The molecule has 2 aromatic heterocycles. The van der Waals surface area contributed by atoms with Gasteiger partial charge in [0.05, 0.1) is 39.9 Å². The normalized spacial score (nSPS) is 18.2. The molecule has 4 heterocycles. The van der Waals surface area contributed by atoms with Gasteiger partial charge in [0.1, 0.15) is 12.2 Å². The third kappa shape index (κ3) is 5.68. The molecule has 12 heteroatoms. The Morgan fingerprint density at radius 3 is 2.81 bits per heavy atom. The molecule has 0 saturated carbocycles. The second kappa shape index (κ2) is 11.8. The van der Waals surface area contributed by atoms with Crippen molar-refractivity contribution in [1.82, 2.24) is 20.1 Å². The van der Waals surface area contributed by atoms with E-state index in [9.17, 15) is 14.0 Å². The van der Waals surface area contributed by atoms with Crippen LogP contribution in [0.25, 0.3) is 16.8 Å². The number of aromatic nitrogens is 3. The van der Waals surface area contributed by atoms with Gasteiger partial charge in [-0.05, 0) is 67.0 Å². The van der Waals surface area contributed by atoms with Crippen LogP contribution in [0.5, 0.6) is 0 Å². The van der Waals surface area contributed by atoms with Crippen molar-refractivity contribution in [2.45, 2.75) is 39.2 Å². The number of hydrogen-bond acceptors (Lipinski definition) is 7. The molecule has 2 amide bonds. The lowest BCUT2D eigenvalue weighted by Crippen LogP contribution is -2.30. The van der Waals surface area contributed by atoms with Gasteiger partial charge in [-0.2, -0.15) is 10.2 Å². The molecular weight excluding hydrogens is 571 g/mol. The molecule has 0 spiro atoms. The second-order valence-electron chi connectivity index (χ2n) is 10.6. The summed E-state index contributed by atoms with van der Waals surface area (Å²) in [6.07, 6.45) is 4.97. The predicted octanol–water partition coefficient (Wildman–Crippen LogP) is 6.43. The van der Waals surface area contributed by atoms with Crippen molar-refractivity contribution in [3.05, 3.63) is 94.3 Å². The zero-order valence-corrected chi connectivity index (χ0v) is 24.3. The van der Waals surface area contributed by atoms with Gasteiger partial charge in [0.2, 0.25) is 5.91 Å². The maximum Gasteiger partial charge on any atom is 0.255 e. The first kappa shape index (κ1) is 28.4. The molecule has 2 atom stereocenters. The zero-order valence-electron chi connectivity index (χ0n) is 23.5. The molecule has 2 bridgehead atoms. The number of anilines is 1. The number of fused-ring (bicyclic) bond motifs is 4. The number of halogens is 2. The molecule has 2 aliphatic rings. The fourth-order valence-corrected chi connectivity index (χ4v) is 5.49. The van der Waals surface area contributed by atoms with E-state index in [4.69, 9.17) is 11.6 Å². The largest absolute Gasteiger partial charge is 0.344 e. The van der Waals surface area contributed by atoms with Gasteiger partial charge in [-0.3, -0.25) is 14.6 Å². The van der Waals surface area contributed by atoms with Gasteiger partial charge in [0, 0.05) is 28.9 Å². The summed E-state index contributed by atoms with van der Waals surface area (Å²) in [6.45, 7) is 3.98. The second-order valence-corrected chi connectivity index (χ2v) is 11.0. The highest BCUT2D eigenvalue weighted by atomic mass is 35.5. The fraction of sp³-hybridized carbons (Fsp3) is 0.258. The van der Waals surface area contributed by atoms with Gasteiger partial charge in [-0.25, -0.2) is 9.07 Å². The lowest BCUT2D eigenvalue weighted by Gasteiger charge is -2.22. The fourth-order valence-electron chi connectivity index (χ4n) is 5.32. The summed E-state index contributed by atoms with van der Waals surface area (Å²) >= 11 is 5.97. The molecule has 6 rings (SSSR count). The minimum atomic E-state index is -0.618. The van der Waals surface area contributed by atoms with E-state index < -0.39 is 11.9 Å². The van der Waals surface area contributed by atoms with Crippen molar-refractivity contribution in [1.29, 1.82) is 0 Å². The first-order valence-electron chi connectivity index (χ1n) is 13.9. The van der Waals surface area contributed by atoms with Crippen LogP contribution in [0.15, 0.2) is 76.4 Å². The maximum absolute atomic E-state index is 14.7. The monoisotopic (exact) mass is 598 g/mol. The summed E-state index contributed by atoms with van der Waals surface area (Å²) in [5, 5.41) is 22.3. The molecule has 0 aliphatic carbocycles. The average Bonchev–Trinajstić information content (AvgIpc) is 3.68. The van der Waals surface area contributed by atoms with E-state index in [2.05, 4.69) is 36.2 Å². The molecule has 218 valence electrons. The Kier molecular flexibility index (Phi) is 7.81. The molecular formula is C31H28ClFN8O2. The number of pyridine rings is 1. The highest BCUT2D eigenvalue weighted by Gasteiger charge is 2.25. The number of carbonyl (C=O) groups excluding carboxylic acids is 2. The van der Waals surface area contributed by atoms with Gasteiger partial charge < -0.3 is 10.6 Å². The number of rotatable bonds is 4. The summed E-state index contributed by atoms with van der Waals surface area (Å²) in [5.74, 6) is -1.31. The van der Waals surface area contributed by atoms with Crippen molar-refractivity contribution in [2.24, 2.45) is 21.4 Å². The first-order valence-corrected chi connectivity index (χ1v) is 14.3. The smallest absolute Gasteiger partial charge is 0.255 e. The van der Waals surface area contributed by atoms with Crippen molar-refractivity contribution < 1.29 is 14.0 Å². The minimum absolute atomic E-state index is 0.0320. The van der Waals surface area contributed by atoms with Gasteiger partial charge in [0.25, 0.3) is 5.91 Å². The van der Waals surface area contributed by atoms with Crippen molar-refractivity contribution >= 4 is 34.8 Å². The number of hydrogen-bond donors (Lipinski definition) is 2. The van der Waals surface area contributed by atoms with E-state index in [0.717, 1.165) is 22.4 Å². The Balaban J connectivity index is 1.35. The summed E-state index contributed by atoms with van der Waals surface area (Å²) in [6, 6.07) is 13.7.